The van der Waals surface area contributed by atoms with Crippen molar-refractivity contribution in [1.82, 2.24) is 4.90 Å². The summed E-state index contributed by atoms with van der Waals surface area (Å²) >= 11 is 0. The van der Waals surface area contributed by atoms with E-state index < -0.39 is 83.1 Å². The fraction of sp³-hybridized carbons (Fsp3) is 0.424. The molecule has 1 amide bonds. The number of aliphatic hydroxyl groups is 3. The third-order valence-corrected chi connectivity index (χ3v) is 11.7. The van der Waals surface area contributed by atoms with Crippen LogP contribution in [0, 0.1) is 11.8 Å². The van der Waals surface area contributed by atoms with Crippen LogP contribution < -0.4 is 11.1 Å². The number of nitrogens with one attached hydrogen (secondary N) is 1. The van der Waals surface area contributed by atoms with Crippen LogP contribution in [0.2, 0.25) is 0 Å². The van der Waals surface area contributed by atoms with E-state index in [4.69, 9.17) is 14.8 Å². The molecule has 2 aromatic rings. The van der Waals surface area contributed by atoms with Gasteiger partial charge in [0.1, 0.15) is 22.8 Å². The molecule has 0 aliphatic heterocycles. The first kappa shape index (κ1) is 34.3. The summed E-state index contributed by atoms with van der Waals surface area (Å²) in [6.45, 7) is 5.27. The molecule has 47 heavy (non-hydrogen) atoms. The van der Waals surface area contributed by atoms with Crippen LogP contribution in [0.5, 0.6) is 5.75 Å². The Bertz CT molecular complexity index is 1730. The van der Waals surface area contributed by atoms with Gasteiger partial charge in [0.2, 0.25) is 5.78 Å². The molecular formula is C33H40N3O10P. The maximum absolute atomic E-state index is 14.3. The van der Waals surface area contributed by atoms with Crippen molar-refractivity contribution in [2.24, 2.45) is 17.6 Å². The van der Waals surface area contributed by atoms with Crippen LogP contribution >= 0.6 is 7.60 Å². The minimum Gasteiger partial charge on any atom is -0.510 e. The number of fused-ring (bicyclic) bond motifs is 3. The van der Waals surface area contributed by atoms with E-state index in [9.17, 15) is 39.4 Å². The number of rotatable bonds is 10. The summed E-state index contributed by atoms with van der Waals surface area (Å²) in [7, 11) is -0.742. The van der Waals surface area contributed by atoms with Crippen molar-refractivity contribution in [2.75, 3.05) is 32.6 Å². The van der Waals surface area contributed by atoms with E-state index in [1.807, 2.05) is 0 Å². The van der Waals surface area contributed by atoms with E-state index in [1.165, 1.54) is 4.90 Å². The van der Waals surface area contributed by atoms with Gasteiger partial charge in [-0.25, -0.2) is 0 Å². The van der Waals surface area contributed by atoms with Crippen LogP contribution in [-0.2, 0) is 23.2 Å². The number of carbonyl (C=O) groups excluding carboxylic acids is 3. The Morgan fingerprint density at radius 1 is 1.09 bits per heavy atom. The number of likely N-dealkylation sites (N-methyl/N-ethyl adjacent to an activating group) is 1. The first-order chi connectivity index (χ1) is 22.1. The molecule has 0 spiro atoms. The summed E-state index contributed by atoms with van der Waals surface area (Å²) in [5.74, 6) is -9.02. The number of primary amides is 1. The van der Waals surface area contributed by atoms with Gasteiger partial charge in [0.15, 0.2) is 17.2 Å². The molecule has 6 atom stereocenters. The number of hydrogen-bond donors (Lipinski definition) is 6. The van der Waals surface area contributed by atoms with Crippen LogP contribution in [0.3, 0.4) is 0 Å². The molecule has 0 saturated carbocycles. The van der Waals surface area contributed by atoms with E-state index in [0.29, 0.717) is 11.1 Å². The summed E-state index contributed by atoms with van der Waals surface area (Å²) in [5.41, 5.74) is 2.33. The lowest BCUT2D eigenvalue weighted by Crippen LogP contribution is -2.64. The van der Waals surface area contributed by atoms with Crippen molar-refractivity contribution in [1.29, 1.82) is 0 Å². The van der Waals surface area contributed by atoms with Gasteiger partial charge >= 0.3 is 7.60 Å². The second-order valence-electron chi connectivity index (χ2n) is 12.2. The number of ketones is 2. The molecule has 0 bridgehead atoms. The average molecular weight is 670 g/mol. The Hall–Kier alpha value is -4.00. The quantitative estimate of drug-likeness (QED) is 0.120. The van der Waals surface area contributed by atoms with Gasteiger partial charge in [0, 0.05) is 11.5 Å². The normalized spacial score (nSPS) is 26.5. The lowest BCUT2D eigenvalue weighted by atomic mass is 9.56. The molecule has 7 N–H and O–H groups in total. The number of aromatic hydroxyl groups is 1. The Balaban J connectivity index is 1.65. The number of allylic oxidation sites excluding steroid dienone is 1. The first-order valence-corrected chi connectivity index (χ1v) is 17.0. The highest BCUT2D eigenvalue weighted by atomic mass is 31.2. The number of nitrogens with two attached hydrogens (primary N) is 1. The van der Waals surface area contributed by atoms with Crippen molar-refractivity contribution in [3.63, 3.8) is 0 Å². The van der Waals surface area contributed by atoms with Crippen LogP contribution in [0.25, 0.3) is 0 Å². The summed E-state index contributed by atoms with van der Waals surface area (Å²) in [4.78, 5) is 41.6. The molecule has 1 unspecified atom stereocenters. The SMILES string of the molecule is CCOP(=O)(OCC)C(Nc1ccc2c(c1O)C(=O)C1=C(O)[C@]3(O)C(=O)C(C(N)=O)=C(O)[C@@H](N(C)C)[C@@H]3C[C@@H]1[C@H]2C)c1ccccc1. The molecule has 3 aliphatic carbocycles. The second-order valence-corrected chi connectivity index (χ2v) is 14.3. The van der Waals surface area contributed by atoms with Gasteiger partial charge in [-0.05, 0) is 63.4 Å². The van der Waals surface area contributed by atoms with E-state index in [2.05, 4.69) is 5.32 Å². The summed E-state index contributed by atoms with van der Waals surface area (Å²) in [5, 5.41) is 49.2. The predicted molar refractivity (Wildman–Crippen MR) is 172 cm³/mol. The number of amides is 1. The van der Waals surface area contributed by atoms with Gasteiger partial charge in [-0.15, -0.1) is 0 Å². The summed E-state index contributed by atoms with van der Waals surface area (Å²) in [6, 6.07) is 10.8. The number of anilines is 1. The predicted octanol–water partition coefficient (Wildman–Crippen LogP) is 4.06. The Morgan fingerprint density at radius 2 is 1.70 bits per heavy atom. The molecular weight excluding hydrogens is 629 g/mol. The second kappa shape index (κ2) is 12.6. The highest BCUT2D eigenvalue weighted by Gasteiger charge is 2.64. The monoisotopic (exact) mass is 669 g/mol. The zero-order chi connectivity index (χ0) is 34.6. The Morgan fingerprint density at radius 3 is 2.26 bits per heavy atom. The van der Waals surface area contributed by atoms with Crippen molar-refractivity contribution in [2.45, 2.75) is 50.5 Å². The summed E-state index contributed by atoms with van der Waals surface area (Å²) in [6.07, 6.45) is -0.0321. The molecule has 14 heteroatoms. The van der Waals surface area contributed by atoms with E-state index >= 15 is 0 Å². The highest BCUT2D eigenvalue weighted by molar-refractivity contribution is 7.54. The van der Waals surface area contributed by atoms with Gasteiger partial charge in [0.05, 0.1) is 30.5 Å². The molecule has 0 heterocycles. The van der Waals surface area contributed by atoms with E-state index in [-0.39, 0.29) is 36.5 Å². The third kappa shape index (κ3) is 5.26. The molecule has 3 aliphatic rings. The number of aliphatic hydroxyl groups excluding tert-OH is 2. The van der Waals surface area contributed by atoms with E-state index in [1.54, 1.807) is 77.3 Å². The molecule has 0 radical (unpaired) electrons. The zero-order valence-electron chi connectivity index (χ0n) is 26.8. The van der Waals surface area contributed by atoms with Crippen molar-refractivity contribution >= 4 is 30.8 Å². The van der Waals surface area contributed by atoms with Crippen molar-refractivity contribution in [3.8, 4) is 5.75 Å². The fourth-order valence-corrected chi connectivity index (χ4v) is 9.26. The topological polar surface area (TPSA) is 209 Å². The van der Waals surface area contributed by atoms with E-state index in [0.717, 1.165) is 0 Å². The molecule has 13 nitrogen and oxygen atoms in total. The first-order valence-electron chi connectivity index (χ1n) is 15.4. The van der Waals surface area contributed by atoms with Crippen LogP contribution in [0.4, 0.5) is 5.69 Å². The maximum atomic E-state index is 14.3. The van der Waals surface area contributed by atoms with Crippen LogP contribution in [0.15, 0.2) is 65.1 Å². The van der Waals surface area contributed by atoms with Crippen LogP contribution in [0.1, 0.15) is 60.4 Å². The lowest BCUT2D eigenvalue weighted by Gasteiger charge is -2.51. The standard InChI is InChI=1S/C33H40N3O10P/c1-6-45-47(44,46-7-2)32(17-11-9-8-10-12-17)35-21-14-13-18-16(3)19-15-20-25(36(4)5)28(39)24(31(34)42)30(41)33(20,43)29(40)23(19)27(38)22(18)26(21)37/h8-14,16,19-20,25,32,35,37,39-40,43H,6-7,15H2,1-5H3,(H2,34,42)/t16-,19+,20-,25-,32?,33-/m0/s1. The van der Waals surface area contributed by atoms with Gasteiger partial charge in [-0.3, -0.25) is 23.8 Å². The number of nitrogens with zero attached hydrogens (tertiary/aromatic N) is 1. The highest BCUT2D eigenvalue weighted by Crippen LogP contribution is 2.62. The van der Waals surface area contributed by atoms with Gasteiger partial charge in [-0.2, -0.15) is 0 Å². The number of Topliss-reactive ketones (excluding diaryl/α,β-unsaturated/α-hetero) is 2. The van der Waals surface area contributed by atoms with Crippen molar-refractivity contribution in [3.05, 3.63) is 81.8 Å². The minimum absolute atomic E-state index is 0.0222. The largest absolute Gasteiger partial charge is 0.510 e. The zero-order valence-corrected chi connectivity index (χ0v) is 27.7. The number of hydrogen-bond acceptors (Lipinski definition) is 12. The average Bonchev–Trinajstić information content (AvgIpc) is 3.01. The molecule has 0 saturated heterocycles. The third-order valence-electron chi connectivity index (χ3n) is 9.44. The fourth-order valence-electron chi connectivity index (χ4n) is 7.34. The number of benzene rings is 2. The van der Waals surface area contributed by atoms with Gasteiger partial charge < -0.3 is 40.5 Å². The Labute approximate surface area is 272 Å². The van der Waals surface area contributed by atoms with Crippen molar-refractivity contribution < 1.29 is 48.4 Å². The van der Waals surface area contributed by atoms with Gasteiger partial charge in [0.25, 0.3) is 5.91 Å². The van der Waals surface area contributed by atoms with Gasteiger partial charge in [-0.1, -0.05) is 43.3 Å². The Kier molecular flexibility index (Phi) is 9.17. The molecule has 2 aromatic carbocycles. The lowest BCUT2D eigenvalue weighted by molar-refractivity contribution is -0.148. The molecule has 5 rings (SSSR count). The number of carbonyl (C=O) groups is 3. The summed E-state index contributed by atoms with van der Waals surface area (Å²) < 4.78 is 25.3. The van der Waals surface area contributed by atoms with Crippen LogP contribution in [-0.4, -0.2) is 81.8 Å². The maximum Gasteiger partial charge on any atom is 0.357 e. The number of phenols is 1. The molecule has 252 valence electrons. The molecule has 0 aromatic heterocycles. The smallest absolute Gasteiger partial charge is 0.357 e. The molecule has 0 fully saturated rings. The number of phenolic OH excluding ortho intramolecular Hbond substituents is 1. The minimum atomic E-state index is -3.89.